The van der Waals surface area contributed by atoms with Gasteiger partial charge in [0.1, 0.15) is 24.0 Å². The average Bonchev–Trinajstić information content (AvgIpc) is 3.20. The molecule has 3 aromatic rings. The van der Waals surface area contributed by atoms with Gasteiger partial charge < -0.3 is 10.2 Å². The summed E-state index contributed by atoms with van der Waals surface area (Å²) in [4.78, 5) is 26.4. The summed E-state index contributed by atoms with van der Waals surface area (Å²) < 4.78 is 27.8. The number of tetrazole rings is 1. The minimum Gasteiger partial charge on any atom is -0.335 e. The predicted molar refractivity (Wildman–Crippen MR) is 99.6 cm³/mol. The van der Waals surface area contributed by atoms with E-state index >= 15 is 0 Å². The molecule has 29 heavy (non-hydrogen) atoms. The molecule has 1 atom stereocenters. The SMILES string of the molecule is CN(CC(=O)Nc1cc(F)cc(F)c1)C(=O)C(Cc1ccccc1)n1cnnn1. The molecule has 150 valence electrons. The molecule has 0 radical (unpaired) electrons. The fourth-order valence-electron chi connectivity index (χ4n) is 2.82. The fourth-order valence-corrected chi connectivity index (χ4v) is 2.82. The van der Waals surface area contributed by atoms with Gasteiger partial charge in [-0.1, -0.05) is 30.3 Å². The van der Waals surface area contributed by atoms with Gasteiger partial charge in [0.15, 0.2) is 0 Å². The summed E-state index contributed by atoms with van der Waals surface area (Å²) >= 11 is 0. The summed E-state index contributed by atoms with van der Waals surface area (Å²) in [6.07, 6.45) is 1.65. The van der Waals surface area contributed by atoms with E-state index < -0.39 is 23.6 Å². The number of benzene rings is 2. The number of likely N-dealkylation sites (N-methyl/N-ethyl adjacent to an activating group) is 1. The molecule has 0 spiro atoms. The first-order valence-electron chi connectivity index (χ1n) is 8.69. The summed E-state index contributed by atoms with van der Waals surface area (Å²) in [5.74, 6) is -2.61. The molecule has 1 aromatic heterocycles. The van der Waals surface area contributed by atoms with Crippen LogP contribution in [0.5, 0.6) is 0 Å². The third kappa shape index (κ3) is 5.41. The van der Waals surface area contributed by atoms with Gasteiger partial charge in [0.2, 0.25) is 11.8 Å². The van der Waals surface area contributed by atoms with Gasteiger partial charge in [-0.3, -0.25) is 9.59 Å². The number of hydrogen-bond acceptors (Lipinski definition) is 5. The van der Waals surface area contributed by atoms with Crippen molar-refractivity contribution in [3.8, 4) is 0 Å². The van der Waals surface area contributed by atoms with Gasteiger partial charge in [-0.25, -0.2) is 13.5 Å². The second kappa shape index (κ2) is 9.00. The molecule has 0 saturated heterocycles. The van der Waals surface area contributed by atoms with Crippen LogP contribution in [0.15, 0.2) is 54.9 Å². The lowest BCUT2D eigenvalue weighted by atomic mass is 10.1. The molecule has 8 nitrogen and oxygen atoms in total. The minimum absolute atomic E-state index is 0.0327. The lowest BCUT2D eigenvalue weighted by Gasteiger charge is -2.23. The number of nitrogens with one attached hydrogen (secondary N) is 1. The molecule has 1 N–H and O–H groups in total. The normalized spacial score (nSPS) is 11.7. The van der Waals surface area contributed by atoms with Crippen LogP contribution in [0.3, 0.4) is 0 Å². The van der Waals surface area contributed by atoms with E-state index in [2.05, 4.69) is 20.8 Å². The summed E-state index contributed by atoms with van der Waals surface area (Å²) in [5, 5.41) is 13.3. The molecule has 1 unspecified atom stereocenters. The van der Waals surface area contributed by atoms with E-state index in [0.29, 0.717) is 12.5 Å². The van der Waals surface area contributed by atoms with E-state index in [1.807, 2.05) is 30.3 Å². The van der Waals surface area contributed by atoms with E-state index in [9.17, 15) is 18.4 Å². The van der Waals surface area contributed by atoms with E-state index in [1.165, 1.54) is 23.0 Å². The van der Waals surface area contributed by atoms with Gasteiger partial charge in [-0.2, -0.15) is 0 Å². The van der Waals surface area contributed by atoms with Crippen LogP contribution in [0.25, 0.3) is 0 Å². The molecule has 0 aliphatic heterocycles. The van der Waals surface area contributed by atoms with E-state index in [0.717, 1.165) is 17.7 Å². The molecule has 0 bridgehead atoms. The number of anilines is 1. The zero-order chi connectivity index (χ0) is 20.8. The number of halogens is 2. The van der Waals surface area contributed by atoms with Crippen molar-refractivity contribution < 1.29 is 18.4 Å². The first-order valence-corrected chi connectivity index (χ1v) is 8.69. The van der Waals surface area contributed by atoms with Crippen molar-refractivity contribution in [3.63, 3.8) is 0 Å². The maximum atomic E-state index is 13.3. The van der Waals surface area contributed by atoms with Crippen molar-refractivity contribution in [2.45, 2.75) is 12.5 Å². The standard InChI is InChI=1S/C19H18F2N6O2/c1-26(11-18(28)23-16-9-14(20)8-15(21)10-16)19(29)17(27-12-22-24-25-27)7-13-5-3-2-4-6-13/h2-6,8-10,12,17H,7,11H2,1H3,(H,23,28). The molecule has 0 aliphatic carbocycles. The van der Waals surface area contributed by atoms with Crippen LogP contribution in [-0.2, 0) is 16.0 Å². The Morgan fingerprint density at radius 1 is 1.14 bits per heavy atom. The number of amides is 2. The monoisotopic (exact) mass is 400 g/mol. The number of aromatic nitrogens is 4. The van der Waals surface area contributed by atoms with Crippen LogP contribution in [0.4, 0.5) is 14.5 Å². The largest absolute Gasteiger partial charge is 0.335 e. The van der Waals surface area contributed by atoms with E-state index in [-0.39, 0.29) is 18.1 Å². The topological polar surface area (TPSA) is 93.0 Å². The molecule has 2 aromatic carbocycles. The third-order valence-electron chi connectivity index (χ3n) is 4.14. The number of carbonyl (C=O) groups excluding carboxylic acids is 2. The van der Waals surface area contributed by atoms with Crippen LogP contribution in [0.1, 0.15) is 11.6 Å². The highest BCUT2D eigenvalue weighted by atomic mass is 19.1. The van der Waals surface area contributed by atoms with E-state index in [4.69, 9.17) is 0 Å². The lowest BCUT2D eigenvalue weighted by molar-refractivity contribution is -0.136. The van der Waals surface area contributed by atoms with Crippen molar-refractivity contribution in [1.82, 2.24) is 25.1 Å². The zero-order valence-corrected chi connectivity index (χ0v) is 15.5. The molecule has 3 rings (SSSR count). The second-order valence-corrected chi connectivity index (χ2v) is 6.40. The van der Waals surface area contributed by atoms with Crippen LogP contribution in [0.2, 0.25) is 0 Å². The molecule has 2 amide bonds. The molecular weight excluding hydrogens is 382 g/mol. The summed E-state index contributed by atoms with van der Waals surface area (Å²) in [5.41, 5.74) is 0.865. The smallest absolute Gasteiger partial charge is 0.248 e. The van der Waals surface area contributed by atoms with Gasteiger partial charge in [0, 0.05) is 25.2 Å². The van der Waals surface area contributed by atoms with Crippen molar-refractivity contribution in [2.24, 2.45) is 0 Å². The zero-order valence-electron chi connectivity index (χ0n) is 15.5. The second-order valence-electron chi connectivity index (χ2n) is 6.40. The Hall–Kier alpha value is -3.69. The maximum absolute atomic E-state index is 13.3. The number of carbonyl (C=O) groups is 2. The first kappa shape index (κ1) is 20.1. The first-order chi connectivity index (χ1) is 13.9. The summed E-state index contributed by atoms with van der Waals surface area (Å²) in [6.45, 7) is -0.315. The highest BCUT2D eigenvalue weighted by Gasteiger charge is 2.26. The Bertz CT molecular complexity index is 961. The number of rotatable bonds is 7. The average molecular weight is 400 g/mol. The van der Waals surface area contributed by atoms with Crippen LogP contribution in [-0.4, -0.2) is 50.5 Å². The van der Waals surface area contributed by atoms with E-state index in [1.54, 1.807) is 0 Å². The lowest BCUT2D eigenvalue weighted by Crippen LogP contribution is -2.40. The summed E-state index contributed by atoms with van der Waals surface area (Å²) in [6, 6.07) is 11.2. The van der Waals surface area contributed by atoms with Crippen LogP contribution >= 0.6 is 0 Å². The molecular formula is C19H18F2N6O2. The quantitative estimate of drug-likeness (QED) is 0.653. The summed E-state index contributed by atoms with van der Waals surface area (Å²) in [7, 11) is 1.45. The molecule has 0 fully saturated rings. The van der Waals surface area contributed by atoms with Gasteiger partial charge in [-0.15, -0.1) is 5.10 Å². The highest BCUT2D eigenvalue weighted by Crippen LogP contribution is 2.16. The Morgan fingerprint density at radius 2 is 1.83 bits per heavy atom. The van der Waals surface area contributed by atoms with Gasteiger partial charge in [-0.05, 0) is 28.1 Å². The molecule has 10 heteroatoms. The predicted octanol–water partition coefficient (Wildman–Crippen LogP) is 1.83. The fraction of sp³-hybridized carbons (Fsp3) is 0.211. The van der Waals surface area contributed by atoms with Crippen LogP contribution < -0.4 is 5.32 Å². The van der Waals surface area contributed by atoms with Gasteiger partial charge >= 0.3 is 0 Å². The van der Waals surface area contributed by atoms with Crippen molar-refractivity contribution in [2.75, 3.05) is 18.9 Å². The Balaban J connectivity index is 1.69. The highest BCUT2D eigenvalue weighted by molar-refractivity contribution is 5.95. The molecule has 0 saturated carbocycles. The molecule has 0 aliphatic rings. The van der Waals surface area contributed by atoms with Gasteiger partial charge in [0.25, 0.3) is 0 Å². The Labute approximate surface area is 165 Å². The third-order valence-corrected chi connectivity index (χ3v) is 4.14. The Morgan fingerprint density at radius 3 is 2.45 bits per heavy atom. The van der Waals surface area contributed by atoms with Crippen LogP contribution in [0, 0.1) is 11.6 Å². The Kier molecular flexibility index (Phi) is 6.22. The van der Waals surface area contributed by atoms with Gasteiger partial charge in [0.05, 0.1) is 6.54 Å². The maximum Gasteiger partial charge on any atom is 0.248 e. The number of hydrogen-bond donors (Lipinski definition) is 1. The van der Waals surface area contributed by atoms with Crippen molar-refractivity contribution in [3.05, 3.63) is 72.1 Å². The van der Waals surface area contributed by atoms with Crippen molar-refractivity contribution in [1.29, 1.82) is 0 Å². The molecule has 1 heterocycles. The van der Waals surface area contributed by atoms with Crippen molar-refractivity contribution >= 4 is 17.5 Å². The number of nitrogens with zero attached hydrogens (tertiary/aromatic N) is 5. The minimum atomic E-state index is -0.814.